The maximum absolute atomic E-state index is 12.6. The number of β-amino-alcohol motifs (C(OH)–C–C–N with tert-alkyl or cyclic N) is 1. The van der Waals surface area contributed by atoms with Crippen LogP contribution in [0.5, 0.6) is 11.5 Å². The molecule has 0 bridgehead atoms. The topological polar surface area (TPSA) is 164 Å². The van der Waals surface area contributed by atoms with Gasteiger partial charge in [-0.1, -0.05) is 6.07 Å². The van der Waals surface area contributed by atoms with Gasteiger partial charge in [0.1, 0.15) is 30.0 Å². The molecule has 0 saturated carbocycles. The number of tetrazole rings is 1. The number of ether oxygens (including phenoxy) is 2. The Bertz CT molecular complexity index is 1500. The molecule has 0 unspecified atom stereocenters. The molecular weight excluding hydrogens is 502 g/mol. The van der Waals surface area contributed by atoms with Crippen LogP contribution in [0.25, 0.3) is 11.1 Å². The van der Waals surface area contributed by atoms with E-state index in [-0.39, 0.29) is 12.0 Å². The quantitative estimate of drug-likeness (QED) is 0.327. The van der Waals surface area contributed by atoms with Gasteiger partial charge in [0.15, 0.2) is 0 Å². The van der Waals surface area contributed by atoms with Crippen molar-refractivity contribution < 1.29 is 19.4 Å². The summed E-state index contributed by atoms with van der Waals surface area (Å²) < 4.78 is 13.0. The summed E-state index contributed by atoms with van der Waals surface area (Å²) in [5.74, 6) is 1.06. The predicted octanol–water partition coefficient (Wildman–Crippen LogP) is 2.04. The molecule has 0 aliphatic carbocycles. The van der Waals surface area contributed by atoms with Crippen LogP contribution >= 0.6 is 0 Å². The molecule has 39 heavy (non-hydrogen) atoms. The first-order valence-electron chi connectivity index (χ1n) is 12.1. The normalized spacial score (nSPS) is 13.7. The van der Waals surface area contributed by atoms with E-state index < -0.39 is 6.10 Å². The molecule has 198 valence electrons. The van der Waals surface area contributed by atoms with E-state index >= 15 is 0 Å². The van der Waals surface area contributed by atoms with Crippen molar-refractivity contribution in [2.24, 2.45) is 0 Å². The summed E-state index contributed by atoms with van der Waals surface area (Å²) in [6.07, 6.45) is 4.06. The number of hydrogen-bond acceptors (Lipinski definition) is 11. The number of aliphatic hydroxyl groups is 1. The number of aromatic nitrogens is 6. The number of nitriles is 1. The molecule has 1 fully saturated rings. The number of anilines is 2. The SMILES string of the molecule is COc1cc(C(=O)N2CC(O)C2)ccc1Nc1ncc(-c2ccc(C#N)c(O[C@@H](C)Cn3cnnn3)c2)cn1. The average Bonchev–Trinajstić information content (AvgIpc) is 3.44. The van der Waals surface area contributed by atoms with Gasteiger partial charge in [-0.25, -0.2) is 14.6 Å². The van der Waals surface area contributed by atoms with Crippen molar-refractivity contribution in [1.82, 2.24) is 35.1 Å². The highest BCUT2D eigenvalue weighted by Gasteiger charge is 2.29. The van der Waals surface area contributed by atoms with Crippen LogP contribution in [0, 0.1) is 11.3 Å². The van der Waals surface area contributed by atoms with Crippen LogP contribution in [-0.4, -0.2) is 78.5 Å². The summed E-state index contributed by atoms with van der Waals surface area (Å²) in [6, 6.07) is 12.5. The van der Waals surface area contributed by atoms with Crippen LogP contribution in [-0.2, 0) is 6.54 Å². The Kier molecular flexibility index (Phi) is 7.28. The summed E-state index contributed by atoms with van der Waals surface area (Å²) in [7, 11) is 1.51. The third-order valence-corrected chi connectivity index (χ3v) is 6.10. The molecule has 13 nitrogen and oxygen atoms in total. The zero-order valence-corrected chi connectivity index (χ0v) is 21.2. The first-order valence-corrected chi connectivity index (χ1v) is 12.1. The summed E-state index contributed by atoms with van der Waals surface area (Å²) >= 11 is 0. The summed E-state index contributed by atoms with van der Waals surface area (Å²) in [4.78, 5) is 23.0. The van der Waals surface area contributed by atoms with Crippen molar-refractivity contribution in [1.29, 1.82) is 5.26 Å². The zero-order valence-electron chi connectivity index (χ0n) is 21.2. The van der Waals surface area contributed by atoms with Gasteiger partial charge < -0.3 is 24.8 Å². The molecule has 1 saturated heterocycles. The van der Waals surface area contributed by atoms with Gasteiger partial charge in [-0.15, -0.1) is 5.10 Å². The van der Waals surface area contributed by atoms with E-state index in [2.05, 4.69) is 36.9 Å². The predicted molar refractivity (Wildman–Crippen MR) is 138 cm³/mol. The van der Waals surface area contributed by atoms with Crippen molar-refractivity contribution in [2.75, 3.05) is 25.5 Å². The van der Waals surface area contributed by atoms with E-state index in [1.54, 1.807) is 58.4 Å². The Morgan fingerprint density at radius 1 is 1.18 bits per heavy atom. The van der Waals surface area contributed by atoms with Gasteiger partial charge in [-0.3, -0.25) is 4.79 Å². The van der Waals surface area contributed by atoms with E-state index in [1.165, 1.54) is 13.4 Å². The smallest absolute Gasteiger partial charge is 0.254 e. The number of methoxy groups -OCH3 is 1. The number of aliphatic hydroxyl groups excluding tert-OH is 1. The molecule has 0 spiro atoms. The molecule has 4 aromatic rings. The van der Waals surface area contributed by atoms with Gasteiger partial charge in [-0.2, -0.15) is 5.26 Å². The van der Waals surface area contributed by atoms with Gasteiger partial charge in [0.05, 0.1) is 31.0 Å². The monoisotopic (exact) mass is 527 g/mol. The maximum atomic E-state index is 12.6. The molecular formula is C26H25N9O4. The van der Waals surface area contributed by atoms with Crippen LogP contribution in [0.1, 0.15) is 22.8 Å². The Hall–Kier alpha value is -5.09. The van der Waals surface area contributed by atoms with Crippen LogP contribution in [0.4, 0.5) is 11.6 Å². The molecule has 13 heteroatoms. The Labute approximate surface area is 223 Å². The van der Waals surface area contributed by atoms with Gasteiger partial charge in [0.2, 0.25) is 5.95 Å². The van der Waals surface area contributed by atoms with E-state index in [1.807, 2.05) is 6.92 Å². The minimum Gasteiger partial charge on any atom is -0.495 e. The average molecular weight is 528 g/mol. The molecule has 2 aromatic carbocycles. The first-order chi connectivity index (χ1) is 18.9. The Morgan fingerprint density at radius 3 is 2.64 bits per heavy atom. The van der Waals surface area contributed by atoms with E-state index in [0.717, 1.165) is 11.1 Å². The van der Waals surface area contributed by atoms with Crippen LogP contribution in [0.2, 0.25) is 0 Å². The van der Waals surface area contributed by atoms with Crippen molar-refractivity contribution >= 4 is 17.5 Å². The highest BCUT2D eigenvalue weighted by atomic mass is 16.5. The number of benzene rings is 2. The lowest BCUT2D eigenvalue weighted by Crippen LogP contribution is -2.53. The number of nitrogens with zero attached hydrogens (tertiary/aromatic N) is 8. The fourth-order valence-electron chi connectivity index (χ4n) is 4.07. The fourth-order valence-corrected chi connectivity index (χ4v) is 4.07. The molecule has 3 heterocycles. The second kappa shape index (κ2) is 11.1. The fraction of sp³-hybridized carbons (Fsp3) is 0.269. The Morgan fingerprint density at radius 2 is 1.97 bits per heavy atom. The number of carbonyl (C=O) groups excluding carboxylic acids is 1. The number of amides is 1. The van der Waals surface area contributed by atoms with Gasteiger partial charge in [-0.05, 0) is 53.2 Å². The number of nitrogens with one attached hydrogen (secondary N) is 1. The number of hydrogen-bond donors (Lipinski definition) is 2. The Balaban J connectivity index is 1.29. The molecule has 5 rings (SSSR count). The van der Waals surface area contributed by atoms with Crippen molar-refractivity contribution in [2.45, 2.75) is 25.7 Å². The molecule has 1 atom stereocenters. The minimum absolute atomic E-state index is 0.165. The van der Waals surface area contributed by atoms with Crippen LogP contribution < -0.4 is 14.8 Å². The number of likely N-dealkylation sites (tertiary alicyclic amines) is 1. The lowest BCUT2D eigenvalue weighted by atomic mass is 10.1. The third kappa shape index (κ3) is 5.76. The second-order valence-electron chi connectivity index (χ2n) is 8.98. The van der Waals surface area contributed by atoms with Gasteiger partial charge >= 0.3 is 0 Å². The summed E-state index contributed by atoms with van der Waals surface area (Å²) in [5.41, 5.74) is 2.97. The lowest BCUT2D eigenvalue weighted by Gasteiger charge is -2.35. The first kappa shape index (κ1) is 25.6. The summed E-state index contributed by atoms with van der Waals surface area (Å²) in [5, 5.41) is 33.2. The van der Waals surface area contributed by atoms with E-state index in [0.29, 0.717) is 53.9 Å². The van der Waals surface area contributed by atoms with Gasteiger partial charge in [0.25, 0.3) is 5.91 Å². The summed E-state index contributed by atoms with van der Waals surface area (Å²) in [6.45, 7) is 2.94. The number of carbonyl (C=O) groups is 1. The molecule has 0 radical (unpaired) electrons. The van der Waals surface area contributed by atoms with Crippen LogP contribution in [0.15, 0.2) is 55.1 Å². The molecule has 1 amide bonds. The minimum atomic E-state index is -0.466. The van der Waals surface area contributed by atoms with Crippen molar-refractivity contribution in [3.05, 3.63) is 66.2 Å². The molecule has 1 aliphatic heterocycles. The van der Waals surface area contributed by atoms with Crippen molar-refractivity contribution in [3.63, 3.8) is 0 Å². The second-order valence-corrected chi connectivity index (χ2v) is 8.98. The molecule has 2 N–H and O–H groups in total. The zero-order chi connectivity index (χ0) is 27.4. The van der Waals surface area contributed by atoms with E-state index in [4.69, 9.17) is 9.47 Å². The lowest BCUT2D eigenvalue weighted by molar-refractivity contribution is 0.00588. The molecule has 1 aliphatic rings. The highest BCUT2D eigenvalue weighted by molar-refractivity contribution is 5.96. The van der Waals surface area contributed by atoms with Crippen molar-refractivity contribution in [3.8, 4) is 28.7 Å². The largest absolute Gasteiger partial charge is 0.495 e. The third-order valence-electron chi connectivity index (χ3n) is 6.10. The van der Waals surface area contributed by atoms with Crippen LogP contribution in [0.3, 0.4) is 0 Å². The highest BCUT2D eigenvalue weighted by Crippen LogP contribution is 2.30. The maximum Gasteiger partial charge on any atom is 0.254 e. The van der Waals surface area contributed by atoms with E-state index in [9.17, 15) is 15.2 Å². The molecule has 2 aromatic heterocycles. The standard InChI is InChI=1S/C26H25N9O4/c1-16(12-35-15-30-32-33-35)39-23-7-17(3-4-19(23)9-27)20-10-28-26(29-11-20)31-22-6-5-18(8-24(22)38-2)25(37)34-13-21(36)14-34/h3-8,10-11,15-16,21,36H,12-14H2,1-2H3,(H,28,29,31)/t16-/m0/s1. The number of rotatable bonds is 9. The van der Waals surface area contributed by atoms with Gasteiger partial charge in [0, 0.05) is 36.6 Å².